The van der Waals surface area contributed by atoms with E-state index in [9.17, 15) is 8.42 Å². The van der Waals surface area contributed by atoms with Crippen molar-refractivity contribution in [3.05, 3.63) is 77.3 Å². The second-order valence-corrected chi connectivity index (χ2v) is 10.3. The van der Waals surface area contributed by atoms with E-state index in [1.165, 1.54) is 23.5 Å². The largest absolute Gasteiger partial charge is 0.496 e. The van der Waals surface area contributed by atoms with Gasteiger partial charge in [0.05, 0.1) is 35.4 Å². The normalized spacial score (nSPS) is 14.6. The highest BCUT2D eigenvalue weighted by Gasteiger charge is 2.29. The number of hydrogen-bond acceptors (Lipinski definition) is 7. The number of nitrogens with zero attached hydrogens (tertiary/aromatic N) is 1. The van der Waals surface area contributed by atoms with Gasteiger partial charge in [-0.15, -0.1) is 11.3 Å². The smallest absolute Gasteiger partial charge is 0.241 e. The Hall–Kier alpha value is -3.14. The van der Waals surface area contributed by atoms with E-state index in [1.54, 1.807) is 19.2 Å². The zero-order valence-electron chi connectivity index (χ0n) is 17.9. The van der Waals surface area contributed by atoms with Crippen LogP contribution in [0.15, 0.2) is 71.6 Å². The number of fused-ring (bicyclic) bond motifs is 2. The van der Waals surface area contributed by atoms with E-state index in [1.807, 2.05) is 42.5 Å². The third-order valence-electron chi connectivity index (χ3n) is 5.31. The molecule has 0 aliphatic carbocycles. The number of rotatable bonds is 6. The minimum absolute atomic E-state index is 0.0905. The molecule has 1 atom stereocenters. The Morgan fingerprint density at radius 3 is 2.58 bits per heavy atom. The van der Waals surface area contributed by atoms with Crippen molar-refractivity contribution in [2.24, 2.45) is 0 Å². The first-order valence-corrected chi connectivity index (χ1v) is 12.8. The van der Waals surface area contributed by atoms with Crippen LogP contribution in [0, 0.1) is 0 Å². The maximum Gasteiger partial charge on any atom is 0.241 e. The summed E-state index contributed by atoms with van der Waals surface area (Å²) >= 11 is 1.44. The number of benzene rings is 3. The van der Waals surface area contributed by atoms with Crippen molar-refractivity contribution in [2.45, 2.75) is 17.4 Å². The van der Waals surface area contributed by atoms with Gasteiger partial charge in [0.2, 0.25) is 10.0 Å². The van der Waals surface area contributed by atoms with Crippen LogP contribution in [0.2, 0.25) is 0 Å². The van der Waals surface area contributed by atoms with Gasteiger partial charge in [0, 0.05) is 18.1 Å². The van der Waals surface area contributed by atoms with E-state index < -0.39 is 16.1 Å². The molecule has 0 fully saturated rings. The molecule has 1 aliphatic heterocycles. The summed E-state index contributed by atoms with van der Waals surface area (Å²) in [4.78, 5) is 4.81. The molecular formula is C24H22N2O5S2. The second kappa shape index (κ2) is 9.01. The van der Waals surface area contributed by atoms with Crippen LogP contribution in [0.3, 0.4) is 0 Å². The first-order valence-electron chi connectivity index (χ1n) is 10.5. The first-order chi connectivity index (χ1) is 16.0. The minimum atomic E-state index is -3.94. The van der Waals surface area contributed by atoms with Crippen LogP contribution in [-0.2, 0) is 10.0 Å². The molecule has 0 radical (unpaired) electrons. The Balaban J connectivity index is 1.57. The van der Waals surface area contributed by atoms with Gasteiger partial charge >= 0.3 is 0 Å². The third kappa shape index (κ3) is 4.39. The fraction of sp³-hybridized carbons (Fsp3) is 0.208. The number of methoxy groups -OCH3 is 1. The number of hydrogen-bond donors (Lipinski definition) is 1. The molecule has 1 unspecified atom stereocenters. The summed E-state index contributed by atoms with van der Waals surface area (Å²) in [5, 5.41) is 0.624. The fourth-order valence-electron chi connectivity index (χ4n) is 3.70. The van der Waals surface area contributed by atoms with Gasteiger partial charge in [0.15, 0.2) is 11.5 Å². The lowest BCUT2D eigenvalue weighted by Gasteiger charge is -2.20. The molecule has 0 bridgehead atoms. The Morgan fingerprint density at radius 1 is 1.00 bits per heavy atom. The zero-order chi connectivity index (χ0) is 22.8. The molecule has 1 aliphatic rings. The SMILES string of the molecule is COc1ccccc1C(NS(=O)(=O)c1ccc2c(c1)OCCCO2)c1nc2ccccc2s1. The molecule has 0 spiro atoms. The van der Waals surface area contributed by atoms with Crippen molar-refractivity contribution in [1.29, 1.82) is 0 Å². The molecule has 0 saturated carbocycles. The molecule has 7 nitrogen and oxygen atoms in total. The molecule has 170 valence electrons. The van der Waals surface area contributed by atoms with Gasteiger partial charge < -0.3 is 14.2 Å². The van der Waals surface area contributed by atoms with Crippen LogP contribution < -0.4 is 18.9 Å². The van der Waals surface area contributed by atoms with Gasteiger partial charge in [0.25, 0.3) is 0 Å². The van der Waals surface area contributed by atoms with E-state index in [0.29, 0.717) is 41.0 Å². The van der Waals surface area contributed by atoms with E-state index in [2.05, 4.69) is 4.72 Å². The van der Waals surface area contributed by atoms with Crippen molar-refractivity contribution in [3.8, 4) is 17.2 Å². The number of ether oxygens (including phenoxy) is 3. The molecule has 5 rings (SSSR count). The fourth-order valence-corrected chi connectivity index (χ4v) is 6.01. The number of thiazole rings is 1. The highest BCUT2D eigenvalue weighted by atomic mass is 32.2. The summed E-state index contributed by atoms with van der Waals surface area (Å²) in [5.41, 5.74) is 1.49. The summed E-state index contributed by atoms with van der Waals surface area (Å²) in [6.45, 7) is 1.00. The van der Waals surface area contributed by atoms with Crippen molar-refractivity contribution in [1.82, 2.24) is 9.71 Å². The summed E-state index contributed by atoms with van der Waals surface area (Å²) in [6.07, 6.45) is 0.739. The maximum absolute atomic E-state index is 13.5. The monoisotopic (exact) mass is 482 g/mol. The van der Waals surface area contributed by atoms with Crippen LogP contribution in [-0.4, -0.2) is 33.7 Å². The van der Waals surface area contributed by atoms with Gasteiger partial charge in [-0.1, -0.05) is 30.3 Å². The predicted octanol–water partition coefficient (Wildman–Crippen LogP) is 4.53. The average molecular weight is 483 g/mol. The second-order valence-electron chi connectivity index (χ2n) is 7.48. The van der Waals surface area contributed by atoms with E-state index >= 15 is 0 Å². The van der Waals surface area contributed by atoms with Gasteiger partial charge in [-0.05, 0) is 30.3 Å². The maximum atomic E-state index is 13.5. The molecule has 1 aromatic heterocycles. The van der Waals surface area contributed by atoms with Crippen LogP contribution in [0.1, 0.15) is 23.0 Å². The van der Waals surface area contributed by atoms with Crippen LogP contribution in [0.25, 0.3) is 10.2 Å². The van der Waals surface area contributed by atoms with E-state index in [4.69, 9.17) is 19.2 Å². The summed E-state index contributed by atoms with van der Waals surface area (Å²) in [6, 6.07) is 19.0. The number of aromatic nitrogens is 1. The van der Waals surface area contributed by atoms with Crippen LogP contribution in [0.4, 0.5) is 0 Å². The number of para-hydroxylation sites is 2. The highest BCUT2D eigenvalue weighted by Crippen LogP contribution is 2.37. The zero-order valence-corrected chi connectivity index (χ0v) is 19.5. The minimum Gasteiger partial charge on any atom is -0.496 e. The molecule has 33 heavy (non-hydrogen) atoms. The lowest BCUT2D eigenvalue weighted by Crippen LogP contribution is -2.29. The Bertz CT molecular complexity index is 1370. The summed E-state index contributed by atoms with van der Waals surface area (Å²) in [5.74, 6) is 1.53. The highest BCUT2D eigenvalue weighted by molar-refractivity contribution is 7.89. The topological polar surface area (TPSA) is 86.8 Å². The van der Waals surface area contributed by atoms with E-state index in [0.717, 1.165) is 16.6 Å². The standard InChI is InChI=1S/C24H22N2O5S2/c1-29-19-9-4-2-7-17(19)23(24-25-18-8-3-5-10-22(18)32-24)26-33(27,28)16-11-12-20-21(15-16)31-14-6-13-30-20/h2-5,7-12,15,23,26H,6,13-14H2,1H3. The van der Waals surface area contributed by atoms with Crippen molar-refractivity contribution in [3.63, 3.8) is 0 Å². The third-order valence-corrected chi connectivity index (χ3v) is 7.83. The molecule has 3 aromatic carbocycles. The Kier molecular flexibility index (Phi) is 5.92. The quantitative estimate of drug-likeness (QED) is 0.434. The van der Waals surface area contributed by atoms with Gasteiger partial charge in [-0.3, -0.25) is 0 Å². The summed E-state index contributed by atoms with van der Waals surface area (Å²) in [7, 11) is -2.38. The molecule has 0 saturated heterocycles. The predicted molar refractivity (Wildman–Crippen MR) is 127 cm³/mol. The molecule has 1 N–H and O–H groups in total. The van der Waals surface area contributed by atoms with Crippen molar-refractivity contribution >= 4 is 31.6 Å². The summed E-state index contributed by atoms with van der Waals surface area (Å²) < 4.78 is 47.7. The van der Waals surface area contributed by atoms with Crippen molar-refractivity contribution < 1.29 is 22.6 Å². The lowest BCUT2D eigenvalue weighted by atomic mass is 10.1. The molecule has 2 heterocycles. The molecule has 9 heteroatoms. The number of sulfonamides is 1. The van der Waals surface area contributed by atoms with Gasteiger partial charge in [0.1, 0.15) is 16.8 Å². The van der Waals surface area contributed by atoms with E-state index in [-0.39, 0.29) is 4.90 Å². The number of nitrogens with one attached hydrogen (secondary N) is 1. The Labute approximate surface area is 196 Å². The van der Waals surface area contributed by atoms with Gasteiger partial charge in [-0.2, -0.15) is 4.72 Å². The van der Waals surface area contributed by atoms with Crippen molar-refractivity contribution in [2.75, 3.05) is 20.3 Å². The molecular weight excluding hydrogens is 460 g/mol. The average Bonchev–Trinajstić information content (AvgIpc) is 3.12. The van der Waals surface area contributed by atoms with Crippen LogP contribution >= 0.6 is 11.3 Å². The van der Waals surface area contributed by atoms with Crippen LogP contribution in [0.5, 0.6) is 17.2 Å². The lowest BCUT2D eigenvalue weighted by molar-refractivity contribution is 0.297. The first kappa shape index (κ1) is 21.7. The Morgan fingerprint density at radius 2 is 1.76 bits per heavy atom. The molecule has 4 aromatic rings. The molecule has 0 amide bonds. The van der Waals surface area contributed by atoms with Gasteiger partial charge in [-0.25, -0.2) is 13.4 Å².